The van der Waals surface area contributed by atoms with Crippen molar-refractivity contribution in [2.45, 2.75) is 4.90 Å². The summed E-state index contributed by atoms with van der Waals surface area (Å²) in [5.41, 5.74) is 6.63. The number of hydrogen-bond donors (Lipinski definition) is 2. The Bertz CT molecular complexity index is 637. The van der Waals surface area contributed by atoms with Gasteiger partial charge in [-0.15, -0.1) is 11.8 Å². The molecule has 1 heterocycles. The third kappa shape index (κ3) is 4.03. The van der Waals surface area contributed by atoms with Crippen molar-refractivity contribution in [1.29, 1.82) is 0 Å². The van der Waals surface area contributed by atoms with E-state index >= 15 is 0 Å². The number of pyridine rings is 1. The molecular formula is C13H11Cl2N3OS. The smallest absolute Gasteiger partial charge is 0.234 e. The van der Waals surface area contributed by atoms with Gasteiger partial charge >= 0.3 is 0 Å². The number of carbonyl (C=O) groups is 1. The van der Waals surface area contributed by atoms with Gasteiger partial charge in [0.1, 0.15) is 0 Å². The van der Waals surface area contributed by atoms with E-state index in [1.165, 1.54) is 11.8 Å². The van der Waals surface area contributed by atoms with Crippen molar-refractivity contribution >= 4 is 52.2 Å². The molecule has 0 unspecified atom stereocenters. The van der Waals surface area contributed by atoms with Crippen molar-refractivity contribution < 1.29 is 4.79 Å². The van der Waals surface area contributed by atoms with Crippen LogP contribution in [-0.2, 0) is 4.79 Å². The quantitative estimate of drug-likeness (QED) is 0.510. The number of rotatable bonds is 4. The van der Waals surface area contributed by atoms with Gasteiger partial charge in [0.25, 0.3) is 0 Å². The molecule has 0 aliphatic heterocycles. The zero-order chi connectivity index (χ0) is 14.5. The fourth-order valence-electron chi connectivity index (χ4n) is 1.41. The third-order valence-corrected chi connectivity index (χ3v) is 4.00. The van der Waals surface area contributed by atoms with Crippen LogP contribution < -0.4 is 11.1 Å². The highest BCUT2D eigenvalue weighted by atomic mass is 35.5. The maximum atomic E-state index is 11.8. The Morgan fingerprint density at radius 2 is 2.15 bits per heavy atom. The number of anilines is 2. The number of aromatic nitrogens is 1. The fourth-order valence-corrected chi connectivity index (χ4v) is 2.56. The van der Waals surface area contributed by atoms with Gasteiger partial charge in [-0.2, -0.15) is 0 Å². The summed E-state index contributed by atoms with van der Waals surface area (Å²) in [6, 6.07) is 8.65. The number of nitrogens with two attached hydrogens (primary N) is 1. The van der Waals surface area contributed by atoms with E-state index < -0.39 is 0 Å². The Hall–Kier alpha value is -1.43. The molecule has 1 aromatic carbocycles. The summed E-state index contributed by atoms with van der Waals surface area (Å²) in [4.78, 5) is 16.6. The second-order valence-corrected chi connectivity index (χ2v) is 5.68. The van der Waals surface area contributed by atoms with Crippen LogP contribution in [0.1, 0.15) is 0 Å². The van der Waals surface area contributed by atoms with E-state index in [1.807, 2.05) is 6.07 Å². The van der Waals surface area contributed by atoms with Crippen LogP contribution in [0.5, 0.6) is 0 Å². The van der Waals surface area contributed by atoms with Crippen LogP contribution >= 0.6 is 35.0 Å². The maximum absolute atomic E-state index is 11.8. The summed E-state index contributed by atoms with van der Waals surface area (Å²) in [5, 5.41) is 3.44. The second kappa shape index (κ2) is 6.83. The third-order valence-electron chi connectivity index (χ3n) is 2.38. The van der Waals surface area contributed by atoms with Crippen LogP contribution in [0.4, 0.5) is 11.4 Å². The predicted molar refractivity (Wildman–Crippen MR) is 84.5 cm³/mol. The first-order chi connectivity index (χ1) is 9.56. The van der Waals surface area contributed by atoms with E-state index in [2.05, 4.69) is 10.3 Å². The van der Waals surface area contributed by atoms with E-state index in [0.29, 0.717) is 16.4 Å². The highest BCUT2D eigenvalue weighted by Gasteiger charge is 2.07. The topological polar surface area (TPSA) is 68.0 Å². The average molecular weight is 328 g/mol. The molecular weight excluding hydrogens is 317 g/mol. The van der Waals surface area contributed by atoms with Crippen LogP contribution in [0.15, 0.2) is 41.4 Å². The number of benzene rings is 1. The molecule has 1 aromatic heterocycles. The highest BCUT2D eigenvalue weighted by Crippen LogP contribution is 2.26. The lowest BCUT2D eigenvalue weighted by Crippen LogP contribution is -2.14. The largest absolute Gasteiger partial charge is 0.398 e. The minimum atomic E-state index is -0.169. The second-order valence-electron chi connectivity index (χ2n) is 3.86. The molecule has 20 heavy (non-hydrogen) atoms. The van der Waals surface area contributed by atoms with Crippen LogP contribution in [0.3, 0.4) is 0 Å². The van der Waals surface area contributed by atoms with E-state index in [0.717, 1.165) is 4.90 Å². The highest BCUT2D eigenvalue weighted by molar-refractivity contribution is 8.00. The van der Waals surface area contributed by atoms with Gasteiger partial charge in [0.2, 0.25) is 5.91 Å². The molecule has 1 amide bonds. The molecule has 104 valence electrons. The zero-order valence-electron chi connectivity index (χ0n) is 10.3. The zero-order valence-corrected chi connectivity index (χ0v) is 12.6. The van der Waals surface area contributed by atoms with E-state index in [9.17, 15) is 4.79 Å². The Kier molecular flexibility index (Phi) is 5.11. The number of nitrogens with zero attached hydrogens (tertiary/aromatic N) is 1. The summed E-state index contributed by atoms with van der Waals surface area (Å²) in [7, 11) is 0. The Morgan fingerprint density at radius 1 is 1.35 bits per heavy atom. The molecule has 2 rings (SSSR count). The minimum absolute atomic E-state index is 0.169. The van der Waals surface area contributed by atoms with Crippen LogP contribution in [-0.4, -0.2) is 16.6 Å². The monoisotopic (exact) mass is 327 g/mol. The number of thioether (sulfide) groups is 1. The molecule has 0 aliphatic rings. The lowest BCUT2D eigenvalue weighted by molar-refractivity contribution is -0.113. The number of amides is 1. The Labute approximate surface area is 130 Å². The number of nitrogen functional groups attached to an aromatic ring is 1. The molecule has 0 saturated heterocycles. The van der Waals surface area contributed by atoms with Gasteiger partial charge < -0.3 is 11.1 Å². The number of carbonyl (C=O) groups excluding carboxylic acids is 1. The maximum Gasteiger partial charge on any atom is 0.234 e. The standard InChI is InChI=1S/C13H11Cl2N3OS/c14-9-6-8(3-4-10(9)16)20-7-12(19)18-11-2-1-5-17-13(11)15/h1-6H,7,16H2,(H,18,19). The van der Waals surface area contributed by atoms with Gasteiger partial charge in [-0.05, 0) is 30.3 Å². The lowest BCUT2D eigenvalue weighted by atomic mass is 10.3. The molecule has 0 aliphatic carbocycles. The summed E-state index contributed by atoms with van der Waals surface area (Å²) in [6.07, 6.45) is 1.56. The van der Waals surface area contributed by atoms with Gasteiger partial charge in [-0.3, -0.25) is 4.79 Å². The number of halogens is 2. The Balaban J connectivity index is 1.92. The molecule has 4 nitrogen and oxygen atoms in total. The summed E-state index contributed by atoms with van der Waals surface area (Å²) < 4.78 is 0. The first-order valence-corrected chi connectivity index (χ1v) is 7.38. The number of nitrogens with one attached hydrogen (secondary N) is 1. The van der Waals surface area contributed by atoms with E-state index in [4.69, 9.17) is 28.9 Å². The summed E-state index contributed by atoms with van der Waals surface area (Å²) in [6.45, 7) is 0. The molecule has 0 atom stereocenters. The summed E-state index contributed by atoms with van der Waals surface area (Å²) in [5.74, 6) is 0.0729. The normalized spacial score (nSPS) is 10.3. The first-order valence-electron chi connectivity index (χ1n) is 5.64. The molecule has 0 radical (unpaired) electrons. The Morgan fingerprint density at radius 3 is 2.85 bits per heavy atom. The van der Waals surface area contributed by atoms with Crippen LogP contribution in [0.2, 0.25) is 10.2 Å². The van der Waals surface area contributed by atoms with Crippen molar-refractivity contribution in [3.8, 4) is 0 Å². The van der Waals surface area contributed by atoms with Gasteiger partial charge in [0, 0.05) is 11.1 Å². The predicted octanol–water partition coefficient (Wildman–Crippen LogP) is 3.70. The number of hydrogen-bond acceptors (Lipinski definition) is 4. The molecule has 0 bridgehead atoms. The molecule has 0 saturated carbocycles. The average Bonchev–Trinajstić information content (AvgIpc) is 2.43. The van der Waals surface area contributed by atoms with Gasteiger partial charge in [-0.25, -0.2) is 4.98 Å². The SMILES string of the molecule is Nc1ccc(SCC(=O)Nc2cccnc2Cl)cc1Cl. The van der Waals surface area contributed by atoms with Crippen molar-refractivity contribution in [3.05, 3.63) is 46.7 Å². The molecule has 2 aromatic rings. The van der Waals surface area contributed by atoms with Crippen LogP contribution in [0, 0.1) is 0 Å². The minimum Gasteiger partial charge on any atom is -0.398 e. The van der Waals surface area contributed by atoms with Gasteiger partial charge in [-0.1, -0.05) is 23.2 Å². The summed E-state index contributed by atoms with van der Waals surface area (Å²) >= 11 is 13.1. The van der Waals surface area contributed by atoms with Crippen molar-refractivity contribution in [1.82, 2.24) is 4.98 Å². The molecule has 0 spiro atoms. The molecule has 3 N–H and O–H groups in total. The van der Waals surface area contributed by atoms with Crippen molar-refractivity contribution in [2.24, 2.45) is 0 Å². The van der Waals surface area contributed by atoms with Gasteiger partial charge in [0.05, 0.1) is 22.2 Å². The van der Waals surface area contributed by atoms with Crippen molar-refractivity contribution in [3.63, 3.8) is 0 Å². The van der Waals surface area contributed by atoms with Gasteiger partial charge in [0.15, 0.2) is 5.15 Å². The van der Waals surface area contributed by atoms with E-state index in [-0.39, 0.29) is 16.8 Å². The van der Waals surface area contributed by atoms with Crippen molar-refractivity contribution in [2.75, 3.05) is 16.8 Å². The molecule has 0 fully saturated rings. The van der Waals surface area contributed by atoms with E-state index in [1.54, 1.807) is 30.5 Å². The lowest BCUT2D eigenvalue weighted by Gasteiger charge is -2.06. The first kappa shape index (κ1) is 15.0. The molecule has 7 heteroatoms. The fraction of sp³-hybridized carbons (Fsp3) is 0.0769. The van der Waals surface area contributed by atoms with Crippen LogP contribution in [0.25, 0.3) is 0 Å².